The van der Waals surface area contributed by atoms with Crippen LogP contribution in [0.1, 0.15) is 11.1 Å². The lowest BCUT2D eigenvalue weighted by Crippen LogP contribution is -2.42. The van der Waals surface area contributed by atoms with Crippen LogP contribution in [0.2, 0.25) is 0 Å². The molecule has 140 valence electrons. The highest BCUT2D eigenvalue weighted by Gasteiger charge is 2.32. The minimum atomic E-state index is -4.44. The quantitative estimate of drug-likeness (QED) is 0.387. The first-order valence-corrected chi connectivity index (χ1v) is 9.53. The number of carbonyl (C=O) groups excluding carboxylic acids is 1. The highest BCUT2D eigenvalue weighted by atomic mass is 32.2. The van der Waals surface area contributed by atoms with Crippen LogP contribution in [0.5, 0.6) is 0 Å². The van der Waals surface area contributed by atoms with Crippen molar-refractivity contribution in [1.82, 2.24) is 0 Å². The van der Waals surface area contributed by atoms with E-state index in [9.17, 15) is 13.2 Å². The Morgan fingerprint density at radius 1 is 0.962 bits per heavy atom. The maximum atomic E-state index is 12.3. The third kappa shape index (κ3) is 6.93. The van der Waals surface area contributed by atoms with Crippen LogP contribution in [0.15, 0.2) is 60.7 Å². The SMILES string of the molecule is NC(OCc1ccccc1)C(CS(=O)(=O)O)C(=O)OCc1ccccc1. The Morgan fingerprint density at radius 2 is 1.46 bits per heavy atom. The Balaban J connectivity index is 2.00. The molecule has 7 nitrogen and oxygen atoms in total. The van der Waals surface area contributed by atoms with E-state index in [1.54, 1.807) is 36.4 Å². The molecule has 0 spiro atoms. The van der Waals surface area contributed by atoms with Gasteiger partial charge in [0.15, 0.2) is 0 Å². The van der Waals surface area contributed by atoms with Gasteiger partial charge in [-0.3, -0.25) is 9.35 Å². The first-order chi connectivity index (χ1) is 12.3. The van der Waals surface area contributed by atoms with Crippen molar-refractivity contribution >= 4 is 16.1 Å². The summed E-state index contributed by atoms with van der Waals surface area (Å²) in [4.78, 5) is 12.3. The first kappa shape index (κ1) is 20.1. The fraction of sp³-hybridized carbons (Fsp3) is 0.278. The van der Waals surface area contributed by atoms with Gasteiger partial charge in [0.25, 0.3) is 10.1 Å². The molecule has 0 amide bonds. The van der Waals surface area contributed by atoms with Crippen LogP contribution in [0.3, 0.4) is 0 Å². The van der Waals surface area contributed by atoms with Gasteiger partial charge >= 0.3 is 5.97 Å². The Morgan fingerprint density at radius 3 is 1.96 bits per heavy atom. The van der Waals surface area contributed by atoms with Gasteiger partial charge in [0.1, 0.15) is 18.8 Å². The summed E-state index contributed by atoms with van der Waals surface area (Å²) in [7, 11) is -4.44. The van der Waals surface area contributed by atoms with Crippen molar-refractivity contribution in [3.63, 3.8) is 0 Å². The molecular formula is C18H21NO6S. The number of rotatable bonds is 9. The van der Waals surface area contributed by atoms with E-state index in [4.69, 9.17) is 19.8 Å². The van der Waals surface area contributed by atoms with E-state index < -0.39 is 34.0 Å². The lowest BCUT2D eigenvalue weighted by Gasteiger charge is -2.22. The number of hydrogen-bond acceptors (Lipinski definition) is 6. The summed E-state index contributed by atoms with van der Waals surface area (Å²) in [6, 6.07) is 18.0. The van der Waals surface area contributed by atoms with Gasteiger partial charge in [-0.05, 0) is 11.1 Å². The average molecular weight is 379 g/mol. The van der Waals surface area contributed by atoms with E-state index >= 15 is 0 Å². The Kier molecular flexibility index (Phi) is 7.28. The molecule has 0 saturated heterocycles. The van der Waals surface area contributed by atoms with Crippen molar-refractivity contribution in [2.24, 2.45) is 11.7 Å². The molecular weight excluding hydrogens is 358 g/mol. The minimum absolute atomic E-state index is 0.0347. The molecule has 2 rings (SSSR count). The van der Waals surface area contributed by atoms with Crippen molar-refractivity contribution in [2.45, 2.75) is 19.4 Å². The van der Waals surface area contributed by atoms with Crippen LogP contribution in [0.4, 0.5) is 0 Å². The van der Waals surface area contributed by atoms with E-state index in [1.165, 1.54) is 0 Å². The lowest BCUT2D eigenvalue weighted by molar-refractivity contribution is -0.154. The molecule has 26 heavy (non-hydrogen) atoms. The van der Waals surface area contributed by atoms with E-state index in [2.05, 4.69) is 0 Å². The monoisotopic (exact) mass is 379 g/mol. The molecule has 0 aliphatic rings. The summed E-state index contributed by atoms with van der Waals surface area (Å²) in [6.45, 7) is 0.0585. The second-order valence-corrected chi connectivity index (χ2v) is 7.21. The molecule has 0 bridgehead atoms. The number of nitrogens with two attached hydrogens (primary N) is 1. The van der Waals surface area contributed by atoms with Crippen molar-refractivity contribution in [2.75, 3.05) is 5.75 Å². The summed E-state index contributed by atoms with van der Waals surface area (Å²) in [5.74, 6) is -3.08. The molecule has 2 aromatic rings. The lowest BCUT2D eigenvalue weighted by atomic mass is 10.1. The summed E-state index contributed by atoms with van der Waals surface area (Å²) >= 11 is 0. The third-order valence-corrected chi connectivity index (χ3v) is 4.38. The highest BCUT2D eigenvalue weighted by molar-refractivity contribution is 7.85. The summed E-state index contributed by atoms with van der Waals surface area (Å²) < 4.78 is 42.1. The molecule has 0 heterocycles. The zero-order valence-corrected chi connectivity index (χ0v) is 14.8. The Labute approximate surface area is 152 Å². The average Bonchev–Trinajstić information content (AvgIpc) is 2.63. The number of benzene rings is 2. The fourth-order valence-electron chi connectivity index (χ4n) is 2.24. The maximum absolute atomic E-state index is 12.3. The zero-order valence-electron chi connectivity index (χ0n) is 14.0. The van der Waals surface area contributed by atoms with Gasteiger partial charge in [0.2, 0.25) is 0 Å². The van der Waals surface area contributed by atoms with E-state index in [1.807, 2.05) is 24.3 Å². The van der Waals surface area contributed by atoms with Crippen molar-refractivity contribution < 1.29 is 27.2 Å². The van der Waals surface area contributed by atoms with Gasteiger partial charge in [0.05, 0.1) is 12.4 Å². The Bertz CT molecular complexity index is 795. The smallest absolute Gasteiger partial charge is 0.314 e. The highest BCUT2D eigenvalue weighted by Crippen LogP contribution is 2.13. The van der Waals surface area contributed by atoms with Crippen LogP contribution in [-0.4, -0.2) is 30.9 Å². The van der Waals surface area contributed by atoms with Crippen molar-refractivity contribution in [3.05, 3.63) is 71.8 Å². The molecule has 2 aromatic carbocycles. The molecule has 8 heteroatoms. The molecule has 0 radical (unpaired) electrons. The van der Waals surface area contributed by atoms with E-state index in [-0.39, 0.29) is 13.2 Å². The number of carbonyl (C=O) groups is 1. The summed E-state index contributed by atoms with van der Waals surface area (Å²) in [6.07, 6.45) is -1.25. The van der Waals surface area contributed by atoms with E-state index in [0.29, 0.717) is 0 Å². The van der Waals surface area contributed by atoms with Crippen molar-refractivity contribution in [3.8, 4) is 0 Å². The predicted molar refractivity (Wildman–Crippen MR) is 95.4 cm³/mol. The Hall–Kier alpha value is -2.26. The normalized spacial score (nSPS) is 13.8. The maximum Gasteiger partial charge on any atom is 0.314 e. The largest absolute Gasteiger partial charge is 0.460 e. The number of ether oxygens (including phenoxy) is 2. The van der Waals surface area contributed by atoms with Gasteiger partial charge in [-0.1, -0.05) is 60.7 Å². The molecule has 0 fully saturated rings. The number of esters is 1. The fourth-order valence-corrected chi connectivity index (χ4v) is 3.02. The van der Waals surface area contributed by atoms with Crippen LogP contribution >= 0.6 is 0 Å². The number of hydrogen-bond donors (Lipinski definition) is 2. The molecule has 3 N–H and O–H groups in total. The van der Waals surface area contributed by atoms with Crippen molar-refractivity contribution in [1.29, 1.82) is 0 Å². The van der Waals surface area contributed by atoms with Gasteiger partial charge < -0.3 is 15.2 Å². The zero-order chi connectivity index (χ0) is 19.0. The molecule has 2 unspecified atom stereocenters. The van der Waals surface area contributed by atoms with Crippen LogP contribution in [0.25, 0.3) is 0 Å². The second-order valence-electron chi connectivity index (χ2n) is 5.71. The van der Waals surface area contributed by atoms with Crippen LogP contribution in [-0.2, 0) is 37.6 Å². The molecule has 0 aromatic heterocycles. The van der Waals surface area contributed by atoms with Gasteiger partial charge in [-0.25, -0.2) is 0 Å². The van der Waals surface area contributed by atoms with Crippen LogP contribution in [0, 0.1) is 5.92 Å². The van der Waals surface area contributed by atoms with Gasteiger partial charge in [-0.2, -0.15) is 8.42 Å². The minimum Gasteiger partial charge on any atom is -0.460 e. The molecule has 2 atom stereocenters. The third-order valence-electron chi connectivity index (χ3n) is 3.60. The van der Waals surface area contributed by atoms with Crippen LogP contribution < -0.4 is 5.73 Å². The first-order valence-electron chi connectivity index (χ1n) is 7.92. The topological polar surface area (TPSA) is 116 Å². The molecule has 0 aliphatic heterocycles. The summed E-state index contributed by atoms with van der Waals surface area (Å²) in [5, 5.41) is 0. The molecule has 0 saturated carbocycles. The standard InChI is InChI=1S/C18H21NO6S/c19-17(24-11-14-7-3-1-4-8-14)16(13-26(21,22)23)18(20)25-12-15-9-5-2-6-10-15/h1-10,16-17H,11-13,19H2,(H,21,22,23). The van der Waals surface area contributed by atoms with Gasteiger partial charge in [0, 0.05) is 0 Å². The summed E-state index contributed by atoms with van der Waals surface area (Å²) in [5.41, 5.74) is 7.40. The second kappa shape index (κ2) is 9.44. The molecule has 0 aliphatic carbocycles. The van der Waals surface area contributed by atoms with E-state index in [0.717, 1.165) is 11.1 Å². The van der Waals surface area contributed by atoms with Gasteiger partial charge in [-0.15, -0.1) is 0 Å². The predicted octanol–water partition coefficient (Wildman–Crippen LogP) is 1.74.